The molecule has 2 aromatic carbocycles. The van der Waals surface area contributed by atoms with Gasteiger partial charge in [0.1, 0.15) is 5.75 Å². The molecule has 1 aliphatic carbocycles. The van der Waals surface area contributed by atoms with E-state index in [0.29, 0.717) is 6.10 Å². The second-order valence-electron chi connectivity index (χ2n) is 8.87. The zero-order valence-electron chi connectivity index (χ0n) is 17.5. The lowest BCUT2D eigenvalue weighted by Crippen LogP contribution is -2.35. The summed E-state index contributed by atoms with van der Waals surface area (Å²) in [5.41, 5.74) is 1.28. The van der Waals surface area contributed by atoms with Gasteiger partial charge in [-0.15, -0.1) is 0 Å². The Morgan fingerprint density at radius 3 is 2.52 bits per heavy atom. The topological polar surface area (TPSA) is 49.8 Å². The number of hydrogen-bond acceptors (Lipinski definition) is 3. The number of piperidine rings is 1. The van der Waals surface area contributed by atoms with Crippen molar-refractivity contribution in [2.75, 3.05) is 13.1 Å². The quantitative estimate of drug-likeness (QED) is 0.703. The van der Waals surface area contributed by atoms with E-state index >= 15 is 0 Å². The van der Waals surface area contributed by atoms with Crippen LogP contribution in [0, 0.1) is 11.8 Å². The van der Waals surface area contributed by atoms with Crippen LogP contribution in [0.4, 0.5) is 0 Å². The van der Waals surface area contributed by atoms with Gasteiger partial charge in [0, 0.05) is 11.9 Å². The highest BCUT2D eigenvalue weighted by molar-refractivity contribution is 5.88. The van der Waals surface area contributed by atoms with Crippen molar-refractivity contribution in [3.8, 4) is 5.75 Å². The van der Waals surface area contributed by atoms with Crippen molar-refractivity contribution in [3.05, 3.63) is 42.0 Å². The molecule has 0 aromatic heterocycles. The summed E-state index contributed by atoms with van der Waals surface area (Å²) < 4.78 is 6.42. The fourth-order valence-electron chi connectivity index (χ4n) is 4.94. The fourth-order valence-corrected chi connectivity index (χ4v) is 4.94. The molecule has 2 fully saturated rings. The number of carboxylic acid groups (broad SMARTS) is 1. The van der Waals surface area contributed by atoms with Crippen molar-refractivity contribution in [1.29, 1.82) is 0 Å². The Morgan fingerprint density at radius 2 is 1.83 bits per heavy atom. The number of rotatable bonds is 6. The van der Waals surface area contributed by atoms with Gasteiger partial charge in [-0.25, -0.2) is 0 Å². The molecule has 0 bridgehead atoms. The van der Waals surface area contributed by atoms with E-state index in [2.05, 4.69) is 48.2 Å². The summed E-state index contributed by atoms with van der Waals surface area (Å²) in [5.74, 6) is 1.07. The molecule has 1 aliphatic heterocycles. The summed E-state index contributed by atoms with van der Waals surface area (Å²) in [7, 11) is 0. The van der Waals surface area contributed by atoms with Crippen molar-refractivity contribution in [3.63, 3.8) is 0 Å². The van der Waals surface area contributed by atoms with Crippen LogP contribution >= 0.6 is 0 Å². The summed E-state index contributed by atoms with van der Waals surface area (Å²) in [6.07, 6.45) is 8.04. The van der Waals surface area contributed by atoms with E-state index in [1.807, 2.05) is 0 Å². The van der Waals surface area contributed by atoms with Crippen LogP contribution in [0.1, 0.15) is 57.4 Å². The number of aliphatic carboxylic acids is 1. The monoisotopic (exact) mass is 395 g/mol. The van der Waals surface area contributed by atoms with Crippen LogP contribution in [0.3, 0.4) is 0 Å². The maximum absolute atomic E-state index is 11.1. The Morgan fingerprint density at radius 1 is 1.07 bits per heavy atom. The molecule has 0 amide bonds. The molecular formula is C25H33NO3. The zero-order chi connectivity index (χ0) is 20.2. The number of benzene rings is 2. The minimum Gasteiger partial charge on any atom is -0.490 e. The van der Waals surface area contributed by atoms with E-state index in [1.54, 1.807) is 0 Å². The molecule has 1 N–H and O–H groups in total. The number of ether oxygens (including phenoxy) is 1. The molecule has 4 heteroatoms. The molecule has 0 unspecified atom stereocenters. The molecule has 156 valence electrons. The van der Waals surface area contributed by atoms with Crippen LogP contribution in [-0.2, 0) is 11.3 Å². The molecule has 4 nitrogen and oxygen atoms in total. The molecule has 0 atom stereocenters. The summed E-state index contributed by atoms with van der Waals surface area (Å²) >= 11 is 0. The predicted octanol–water partition coefficient (Wildman–Crippen LogP) is 5.48. The first-order valence-electron chi connectivity index (χ1n) is 11.3. The van der Waals surface area contributed by atoms with Gasteiger partial charge in [-0.2, -0.15) is 0 Å². The highest BCUT2D eigenvalue weighted by Crippen LogP contribution is 2.33. The third kappa shape index (κ3) is 4.92. The van der Waals surface area contributed by atoms with E-state index in [1.165, 1.54) is 48.4 Å². The maximum Gasteiger partial charge on any atom is 0.306 e. The average Bonchev–Trinajstić information content (AvgIpc) is 2.75. The highest BCUT2D eigenvalue weighted by Gasteiger charge is 2.24. The van der Waals surface area contributed by atoms with E-state index in [0.717, 1.165) is 44.1 Å². The van der Waals surface area contributed by atoms with Crippen molar-refractivity contribution in [2.45, 2.75) is 64.5 Å². The minimum atomic E-state index is -0.647. The van der Waals surface area contributed by atoms with Crippen molar-refractivity contribution in [1.82, 2.24) is 4.90 Å². The number of carboxylic acids is 1. The average molecular weight is 396 g/mol. The van der Waals surface area contributed by atoms with Gasteiger partial charge >= 0.3 is 5.97 Å². The van der Waals surface area contributed by atoms with Crippen molar-refractivity contribution in [2.24, 2.45) is 11.8 Å². The first-order chi connectivity index (χ1) is 14.1. The number of fused-ring (bicyclic) bond motifs is 1. The molecule has 4 rings (SSSR count). The van der Waals surface area contributed by atoms with E-state index in [4.69, 9.17) is 4.74 Å². The number of likely N-dealkylation sites (tertiary alicyclic amines) is 1. The first-order valence-corrected chi connectivity index (χ1v) is 11.3. The maximum atomic E-state index is 11.1. The molecule has 1 saturated heterocycles. The van der Waals surface area contributed by atoms with Crippen molar-refractivity contribution < 1.29 is 14.6 Å². The molecule has 0 spiro atoms. The lowest BCUT2D eigenvalue weighted by Gasteiger charge is -2.30. The van der Waals surface area contributed by atoms with Gasteiger partial charge in [-0.05, 0) is 80.6 Å². The van der Waals surface area contributed by atoms with Gasteiger partial charge in [-0.3, -0.25) is 9.69 Å². The summed E-state index contributed by atoms with van der Waals surface area (Å²) in [6, 6.07) is 13.0. The Labute approximate surface area is 173 Å². The van der Waals surface area contributed by atoms with Crippen LogP contribution in [0.5, 0.6) is 5.75 Å². The van der Waals surface area contributed by atoms with Gasteiger partial charge < -0.3 is 9.84 Å². The minimum absolute atomic E-state index is 0.171. The van der Waals surface area contributed by atoms with E-state index < -0.39 is 5.97 Å². The van der Waals surface area contributed by atoms with E-state index in [9.17, 15) is 9.90 Å². The standard InChI is InChI=1S/C25H33NO3/c1-2-18-6-9-22(10-7-18)29-24-5-3-4-21-16-19(8-11-23(21)24)17-26-14-12-20(13-15-26)25(27)28/h3-5,8,11,16,18,20,22H,2,6-7,9-10,12-15,17H2,1H3,(H,27,28). The Hall–Kier alpha value is -2.07. The van der Waals surface area contributed by atoms with Gasteiger partial charge in [0.25, 0.3) is 0 Å². The Balaban J connectivity index is 1.41. The number of carbonyl (C=O) groups is 1. The Kier molecular flexibility index (Phi) is 6.39. The SMILES string of the molecule is CCC1CCC(Oc2cccc3cc(CN4CCC(C(=O)O)CC4)ccc23)CC1. The molecule has 1 saturated carbocycles. The smallest absolute Gasteiger partial charge is 0.306 e. The van der Waals surface area contributed by atoms with Crippen molar-refractivity contribution >= 4 is 16.7 Å². The fraction of sp³-hybridized carbons (Fsp3) is 0.560. The first kappa shape index (κ1) is 20.2. The van der Waals surface area contributed by atoms with Gasteiger partial charge in [-0.1, -0.05) is 37.6 Å². The molecule has 2 aliphatic rings. The molecule has 1 heterocycles. The highest BCUT2D eigenvalue weighted by atomic mass is 16.5. The molecule has 0 radical (unpaired) electrons. The number of hydrogen-bond donors (Lipinski definition) is 1. The number of nitrogens with zero attached hydrogens (tertiary/aromatic N) is 1. The lowest BCUT2D eigenvalue weighted by atomic mass is 9.86. The zero-order valence-corrected chi connectivity index (χ0v) is 17.5. The second kappa shape index (κ2) is 9.17. The van der Waals surface area contributed by atoms with Crippen LogP contribution < -0.4 is 4.74 Å². The van der Waals surface area contributed by atoms with Gasteiger partial charge in [0.2, 0.25) is 0 Å². The third-order valence-corrected chi connectivity index (χ3v) is 6.91. The summed E-state index contributed by atoms with van der Waals surface area (Å²) in [5, 5.41) is 11.6. The summed E-state index contributed by atoms with van der Waals surface area (Å²) in [6.45, 7) is 4.90. The lowest BCUT2D eigenvalue weighted by molar-refractivity contribution is -0.143. The predicted molar refractivity (Wildman–Crippen MR) is 116 cm³/mol. The molecule has 29 heavy (non-hydrogen) atoms. The molecular weight excluding hydrogens is 362 g/mol. The third-order valence-electron chi connectivity index (χ3n) is 6.91. The largest absolute Gasteiger partial charge is 0.490 e. The normalized spacial score (nSPS) is 23.9. The van der Waals surface area contributed by atoms with Crippen LogP contribution in [-0.4, -0.2) is 35.2 Å². The summed E-state index contributed by atoms with van der Waals surface area (Å²) in [4.78, 5) is 13.5. The van der Waals surface area contributed by atoms with Crippen LogP contribution in [0.2, 0.25) is 0 Å². The molecule has 2 aromatic rings. The van der Waals surface area contributed by atoms with Crippen LogP contribution in [0.25, 0.3) is 10.8 Å². The van der Waals surface area contributed by atoms with Gasteiger partial charge in [0.15, 0.2) is 0 Å². The Bertz CT molecular complexity index is 833. The second-order valence-corrected chi connectivity index (χ2v) is 8.87. The van der Waals surface area contributed by atoms with E-state index in [-0.39, 0.29) is 5.92 Å². The van der Waals surface area contributed by atoms with Crippen LogP contribution in [0.15, 0.2) is 36.4 Å². The van der Waals surface area contributed by atoms with Gasteiger partial charge in [0.05, 0.1) is 12.0 Å².